The molecule has 0 bridgehead atoms. The van der Waals surface area contributed by atoms with Crippen molar-refractivity contribution in [2.75, 3.05) is 19.0 Å². The van der Waals surface area contributed by atoms with Gasteiger partial charge in [-0.2, -0.15) is 13.2 Å². The van der Waals surface area contributed by atoms with E-state index < -0.39 is 30.7 Å². The lowest BCUT2D eigenvalue weighted by Crippen LogP contribution is -2.31. The van der Waals surface area contributed by atoms with Crippen molar-refractivity contribution >= 4 is 34.1 Å². The monoisotopic (exact) mass is 493 g/mol. The average molecular weight is 493 g/mol. The Morgan fingerprint density at radius 1 is 1.24 bits per heavy atom. The van der Waals surface area contributed by atoms with Gasteiger partial charge < -0.3 is 19.4 Å². The second-order valence-electron chi connectivity index (χ2n) is 7.38. The standard InChI is InChI=1S/C22H18F3N3O5S/c1-32-20(31)17-18(12-4-6-13(7-5-12)33-11-22(23,24)25)34-21(26-17)27-19(30)15-8-9-16(29)14-3-2-10-28(14)15/h2-7,10,15H,8-9,11H2,1H3,(H,26,27,30). The van der Waals surface area contributed by atoms with E-state index in [1.54, 1.807) is 22.9 Å². The number of ketones is 1. The van der Waals surface area contributed by atoms with Crippen LogP contribution in [0.15, 0.2) is 42.6 Å². The molecule has 178 valence electrons. The summed E-state index contributed by atoms with van der Waals surface area (Å²) in [4.78, 5) is 41.8. The number of rotatable bonds is 6. The van der Waals surface area contributed by atoms with Crippen LogP contribution in [0.25, 0.3) is 10.4 Å². The Labute approximate surface area is 195 Å². The van der Waals surface area contributed by atoms with Crippen LogP contribution in [0.5, 0.6) is 5.75 Å². The molecule has 34 heavy (non-hydrogen) atoms. The number of methoxy groups -OCH3 is 1. The summed E-state index contributed by atoms with van der Waals surface area (Å²) in [7, 11) is 1.18. The number of ether oxygens (including phenoxy) is 2. The molecule has 0 aliphatic carbocycles. The Morgan fingerprint density at radius 3 is 2.65 bits per heavy atom. The van der Waals surface area contributed by atoms with Gasteiger partial charge in [-0.1, -0.05) is 11.3 Å². The molecule has 0 saturated carbocycles. The van der Waals surface area contributed by atoms with Crippen molar-refractivity contribution in [3.05, 3.63) is 54.0 Å². The number of carbonyl (C=O) groups excluding carboxylic acids is 3. The lowest BCUT2D eigenvalue weighted by molar-refractivity contribution is -0.153. The molecule has 0 fully saturated rings. The SMILES string of the molecule is COC(=O)c1nc(NC(=O)C2CCC(=O)c3cccn32)sc1-c1ccc(OCC(F)(F)F)cc1. The summed E-state index contributed by atoms with van der Waals surface area (Å²) in [6.07, 6.45) is -2.24. The number of carbonyl (C=O) groups is 3. The van der Waals surface area contributed by atoms with Gasteiger partial charge in [0, 0.05) is 12.6 Å². The molecule has 1 N–H and O–H groups in total. The molecule has 2 aromatic heterocycles. The summed E-state index contributed by atoms with van der Waals surface area (Å²) in [6, 6.07) is 8.38. The van der Waals surface area contributed by atoms with E-state index in [1.165, 1.54) is 31.4 Å². The van der Waals surface area contributed by atoms with Crippen LogP contribution in [0.3, 0.4) is 0 Å². The summed E-state index contributed by atoms with van der Waals surface area (Å²) in [5.74, 6) is -1.16. The van der Waals surface area contributed by atoms with Crippen LogP contribution < -0.4 is 10.1 Å². The second-order valence-corrected chi connectivity index (χ2v) is 8.38. The fourth-order valence-corrected chi connectivity index (χ4v) is 4.52. The highest BCUT2D eigenvalue weighted by Crippen LogP contribution is 2.35. The van der Waals surface area contributed by atoms with Gasteiger partial charge >= 0.3 is 12.1 Å². The van der Waals surface area contributed by atoms with Gasteiger partial charge in [0.2, 0.25) is 5.91 Å². The predicted molar refractivity (Wildman–Crippen MR) is 116 cm³/mol. The second kappa shape index (κ2) is 9.29. The van der Waals surface area contributed by atoms with Crippen molar-refractivity contribution in [1.82, 2.24) is 9.55 Å². The lowest BCUT2D eigenvalue weighted by Gasteiger charge is -2.24. The number of fused-ring (bicyclic) bond motifs is 1. The number of thiazole rings is 1. The number of anilines is 1. The van der Waals surface area contributed by atoms with Gasteiger partial charge in [0.1, 0.15) is 11.8 Å². The molecule has 3 aromatic rings. The summed E-state index contributed by atoms with van der Waals surface area (Å²) in [5.41, 5.74) is 0.885. The predicted octanol–water partition coefficient (Wildman–Crippen LogP) is 4.50. The van der Waals surface area contributed by atoms with Crippen LogP contribution in [0.2, 0.25) is 0 Å². The fraction of sp³-hybridized carbons (Fsp3) is 0.273. The molecular formula is C22H18F3N3O5S. The molecule has 4 rings (SSSR count). The summed E-state index contributed by atoms with van der Waals surface area (Å²) in [5, 5.41) is 2.84. The maximum Gasteiger partial charge on any atom is 0.422 e. The van der Waals surface area contributed by atoms with E-state index in [0.29, 0.717) is 22.6 Å². The first kappa shape index (κ1) is 23.5. The van der Waals surface area contributed by atoms with Crippen LogP contribution in [-0.2, 0) is 9.53 Å². The van der Waals surface area contributed by atoms with Gasteiger partial charge in [-0.3, -0.25) is 9.59 Å². The highest BCUT2D eigenvalue weighted by Gasteiger charge is 2.31. The molecule has 1 unspecified atom stereocenters. The van der Waals surface area contributed by atoms with E-state index in [4.69, 9.17) is 9.47 Å². The van der Waals surface area contributed by atoms with Crippen molar-refractivity contribution in [2.24, 2.45) is 0 Å². The maximum atomic E-state index is 12.9. The third-order valence-corrected chi connectivity index (χ3v) is 6.12. The Kier molecular flexibility index (Phi) is 6.42. The largest absolute Gasteiger partial charge is 0.484 e. The summed E-state index contributed by atoms with van der Waals surface area (Å²) in [6.45, 7) is -1.42. The van der Waals surface area contributed by atoms with Crippen molar-refractivity contribution in [3.8, 4) is 16.2 Å². The molecule has 1 amide bonds. The quantitative estimate of drug-likeness (QED) is 0.508. The number of benzene rings is 1. The smallest absolute Gasteiger partial charge is 0.422 e. The van der Waals surface area contributed by atoms with E-state index in [0.717, 1.165) is 11.3 Å². The molecule has 1 aliphatic rings. The van der Waals surface area contributed by atoms with Crippen LogP contribution in [0.4, 0.5) is 18.3 Å². The molecule has 1 aromatic carbocycles. The number of nitrogens with one attached hydrogen (secondary N) is 1. The van der Waals surface area contributed by atoms with E-state index in [-0.39, 0.29) is 28.8 Å². The third kappa shape index (κ3) is 4.96. The molecular weight excluding hydrogens is 475 g/mol. The first-order chi connectivity index (χ1) is 16.2. The van der Waals surface area contributed by atoms with Gasteiger partial charge in [0.15, 0.2) is 23.2 Å². The van der Waals surface area contributed by atoms with E-state index in [2.05, 4.69) is 10.3 Å². The average Bonchev–Trinajstić information content (AvgIpc) is 3.45. The van der Waals surface area contributed by atoms with Crippen LogP contribution in [-0.4, -0.2) is 47.1 Å². The number of hydrogen-bond donors (Lipinski definition) is 1. The number of amides is 1. The minimum absolute atomic E-state index is 0.00751. The van der Waals surface area contributed by atoms with Gasteiger partial charge in [0.05, 0.1) is 17.7 Å². The molecule has 1 atom stereocenters. The van der Waals surface area contributed by atoms with Gasteiger partial charge in [-0.25, -0.2) is 9.78 Å². The maximum absolute atomic E-state index is 12.9. The molecule has 12 heteroatoms. The topological polar surface area (TPSA) is 99.5 Å². The van der Waals surface area contributed by atoms with Gasteiger partial charge in [0.25, 0.3) is 0 Å². The Hall–Kier alpha value is -3.67. The minimum Gasteiger partial charge on any atom is -0.484 e. The fourth-order valence-electron chi connectivity index (χ4n) is 3.56. The van der Waals surface area contributed by atoms with Crippen molar-refractivity contribution in [2.45, 2.75) is 25.1 Å². The number of hydrogen-bond acceptors (Lipinski definition) is 7. The highest BCUT2D eigenvalue weighted by molar-refractivity contribution is 7.19. The number of aromatic nitrogens is 2. The summed E-state index contributed by atoms with van der Waals surface area (Å²) < 4.78 is 48.2. The number of alkyl halides is 3. The highest BCUT2D eigenvalue weighted by atomic mass is 32.1. The van der Waals surface area contributed by atoms with Gasteiger partial charge in [-0.15, -0.1) is 0 Å². The number of esters is 1. The number of Topliss-reactive ketones (excluding diaryl/α,β-unsaturated/α-hetero) is 1. The zero-order chi connectivity index (χ0) is 24.5. The van der Waals surface area contributed by atoms with Crippen molar-refractivity contribution in [3.63, 3.8) is 0 Å². The zero-order valence-electron chi connectivity index (χ0n) is 17.7. The third-order valence-electron chi connectivity index (χ3n) is 5.10. The zero-order valence-corrected chi connectivity index (χ0v) is 18.5. The lowest BCUT2D eigenvalue weighted by atomic mass is 10.0. The molecule has 0 spiro atoms. The number of halogens is 3. The first-order valence-electron chi connectivity index (χ1n) is 10.1. The van der Waals surface area contributed by atoms with E-state index >= 15 is 0 Å². The van der Waals surface area contributed by atoms with Crippen molar-refractivity contribution < 1.29 is 37.0 Å². The Bertz CT molecular complexity index is 1230. The van der Waals surface area contributed by atoms with Crippen molar-refractivity contribution in [1.29, 1.82) is 0 Å². The molecule has 0 radical (unpaired) electrons. The molecule has 8 nitrogen and oxygen atoms in total. The number of nitrogens with zero attached hydrogens (tertiary/aromatic N) is 2. The first-order valence-corrected chi connectivity index (χ1v) is 10.9. The molecule has 0 saturated heterocycles. The van der Waals surface area contributed by atoms with E-state index in [1.807, 2.05) is 0 Å². The summed E-state index contributed by atoms with van der Waals surface area (Å²) >= 11 is 1.02. The van der Waals surface area contributed by atoms with Crippen LogP contribution in [0.1, 0.15) is 39.9 Å². The Morgan fingerprint density at radius 2 is 1.97 bits per heavy atom. The molecule has 1 aliphatic heterocycles. The van der Waals surface area contributed by atoms with Crippen LogP contribution in [0, 0.1) is 0 Å². The molecule has 3 heterocycles. The van der Waals surface area contributed by atoms with Gasteiger partial charge in [-0.05, 0) is 48.4 Å². The normalized spacial score (nSPS) is 15.5. The minimum atomic E-state index is -4.46. The van der Waals surface area contributed by atoms with E-state index in [9.17, 15) is 27.6 Å². The Balaban J connectivity index is 1.56. The van der Waals surface area contributed by atoms with Crippen LogP contribution >= 0.6 is 11.3 Å².